The average Bonchev–Trinajstić information content (AvgIpc) is 3.14. The summed E-state index contributed by atoms with van der Waals surface area (Å²) in [5.41, 5.74) is 0.0769. The van der Waals surface area contributed by atoms with Crippen LogP contribution in [0.15, 0.2) is 30.3 Å². The van der Waals surface area contributed by atoms with Crippen LogP contribution in [0.5, 0.6) is 0 Å². The first kappa shape index (κ1) is 17.4. The van der Waals surface area contributed by atoms with Gasteiger partial charge in [0.25, 0.3) is 5.91 Å². The zero-order chi connectivity index (χ0) is 18.1. The average molecular weight is 382 g/mol. The minimum Gasteiger partial charge on any atom is -0.328 e. The molecular formula is C16H13ClFN3O3S. The summed E-state index contributed by atoms with van der Waals surface area (Å²) in [7, 11) is 0. The second-order valence-electron chi connectivity index (χ2n) is 5.41. The lowest BCUT2D eigenvalue weighted by Gasteiger charge is -2.16. The summed E-state index contributed by atoms with van der Waals surface area (Å²) < 4.78 is 14.6. The van der Waals surface area contributed by atoms with Crippen LogP contribution in [0.4, 0.5) is 20.6 Å². The molecule has 2 N–H and O–H groups in total. The molecule has 0 bridgehead atoms. The highest BCUT2D eigenvalue weighted by molar-refractivity contribution is 7.16. The van der Waals surface area contributed by atoms with E-state index in [0.717, 1.165) is 10.9 Å². The number of hydrogen-bond donors (Lipinski definition) is 2. The number of urea groups is 1. The zero-order valence-corrected chi connectivity index (χ0v) is 14.6. The number of nitrogens with one attached hydrogen (secondary N) is 2. The van der Waals surface area contributed by atoms with Gasteiger partial charge >= 0.3 is 6.03 Å². The molecule has 0 unspecified atom stereocenters. The van der Waals surface area contributed by atoms with E-state index in [1.165, 1.54) is 23.5 Å². The van der Waals surface area contributed by atoms with E-state index in [1.54, 1.807) is 19.1 Å². The van der Waals surface area contributed by atoms with E-state index in [1.807, 2.05) is 0 Å². The lowest BCUT2D eigenvalue weighted by molar-refractivity contribution is -0.117. The molecule has 9 heteroatoms. The Morgan fingerprint density at radius 2 is 2.12 bits per heavy atom. The van der Waals surface area contributed by atoms with Crippen molar-refractivity contribution in [3.63, 3.8) is 0 Å². The lowest BCUT2D eigenvalue weighted by Crippen LogP contribution is -2.31. The molecule has 1 fully saturated rings. The number of carbonyl (C=O) groups excluding carboxylic acids is 3. The molecule has 2 aromatic rings. The Bertz CT molecular complexity index is 854. The Balaban J connectivity index is 1.81. The molecular weight excluding hydrogens is 369 g/mol. The molecule has 1 aliphatic heterocycles. The highest BCUT2D eigenvalue weighted by Gasteiger charge is 2.32. The summed E-state index contributed by atoms with van der Waals surface area (Å²) in [5.74, 6) is -2.06. The largest absolute Gasteiger partial charge is 0.329 e. The van der Waals surface area contributed by atoms with Crippen molar-refractivity contribution in [3.8, 4) is 0 Å². The third-order valence-electron chi connectivity index (χ3n) is 3.71. The number of rotatable bonds is 4. The van der Waals surface area contributed by atoms with Crippen molar-refractivity contribution < 1.29 is 18.8 Å². The van der Waals surface area contributed by atoms with Crippen molar-refractivity contribution in [1.82, 2.24) is 5.32 Å². The number of imide groups is 1. The summed E-state index contributed by atoms with van der Waals surface area (Å²) in [4.78, 5) is 37.3. The van der Waals surface area contributed by atoms with E-state index in [0.29, 0.717) is 9.24 Å². The van der Waals surface area contributed by atoms with Crippen LogP contribution in [0, 0.1) is 5.82 Å². The van der Waals surface area contributed by atoms with Crippen LogP contribution in [0.1, 0.15) is 17.7 Å². The molecule has 3 rings (SSSR count). The Labute approximate surface area is 151 Å². The number of thiophene rings is 1. The molecule has 0 aliphatic carbocycles. The number of amides is 4. The third kappa shape index (κ3) is 3.49. The van der Waals surface area contributed by atoms with Crippen molar-refractivity contribution >= 4 is 52.2 Å². The number of anilines is 2. The smallest absolute Gasteiger partial charge is 0.328 e. The predicted octanol–water partition coefficient (Wildman–Crippen LogP) is 3.34. The van der Waals surface area contributed by atoms with Crippen LogP contribution < -0.4 is 15.5 Å². The minimum absolute atomic E-state index is 0.189. The molecule has 4 amide bonds. The van der Waals surface area contributed by atoms with Crippen molar-refractivity contribution in [2.24, 2.45) is 0 Å². The topological polar surface area (TPSA) is 78.5 Å². The number of halogens is 2. The van der Waals surface area contributed by atoms with E-state index >= 15 is 0 Å². The van der Waals surface area contributed by atoms with Gasteiger partial charge in [-0.1, -0.05) is 11.6 Å². The number of hydrogen-bond acceptors (Lipinski definition) is 4. The Morgan fingerprint density at radius 1 is 1.36 bits per heavy atom. The summed E-state index contributed by atoms with van der Waals surface area (Å²) in [6.45, 7) is 1.53. The van der Waals surface area contributed by atoms with E-state index in [4.69, 9.17) is 11.6 Å². The lowest BCUT2D eigenvalue weighted by atomic mass is 10.1. The summed E-state index contributed by atoms with van der Waals surface area (Å²) in [6, 6.07) is 6.48. The first-order chi connectivity index (χ1) is 11.9. The van der Waals surface area contributed by atoms with Gasteiger partial charge in [0.1, 0.15) is 5.82 Å². The fourth-order valence-corrected chi connectivity index (χ4v) is 3.48. The van der Waals surface area contributed by atoms with E-state index in [-0.39, 0.29) is 23.8 Å². The second-order valence-corrected chi connectivity index (χ2v) is 7.15. The predicted molar refractivity (Wildman–Crippen MR) is 93.7 cm³/mol. The fraction of sp³-hybridized carbons (Fsp3) is 0.188. The Hall–Kier alpha value is -2.45. The summed E-state index contributed by atoms with van der Waals surface area (Å²) in [5, 5.41) is 4.98. The molecule has 1 aliphatic rings. The fourth-order valence-electron chi connectivity index (χ4n) is 2.37. The van der Waals surface area contributed by atoms with Gasteiger partial charge in [0.05, 0.1) is 22.5 Å². The molecule has 1 atom stereocenters. The van der Waals surface area contributed by atoms with Crippen molar-refractivity contribution in [3.05, 3.63) is 45.4 Å². The van der Waals surface area contributed by atoms with Crippen LogP contribution in [0.2, 0.25) is 4.34 Å². The summed E-state index contributed by atoms with van der Waals surface area (Å²) in [6.07, 6.45) is 0. The normalized spacial score (nSPS) is 15.2. The van der Waals surface area contributed by atoms with Crippen LogP contribution in [0.3, 0.4) is 0 Å². The second kappa shape index (κ2) is 6.81. The van der Waals surface area contributed by atoms with Crippen LogP contribution in [-0.4, -0.2) is 24.4 Å². The zero-order valence-electron chi connectivity index (χ0n) is 13.0. The van der Waals surface area contributed by atoms with Gasteiger partial charge in [-0.2, -0.15) is 0 Å². The highest BCUT2D eigenvalue weighted by atomic mass is 35.5. The minimum atomic E-state index is -0.735. The van der Waals surface area contributed by atoms with Crippen molar-refractivity contribution in [2.45, 2.75) is 12.8 Å². The molecule has 2 heterocycles. The Morgan fingerprint density at radius 3 is 2.72 bits per heavy atom. The molecule has 0 saturated carbocycles. The van der Waals surface area contributed by atoms with E-state index in [2.05, 4.69) is 10.6 Å². The van der Waals surface area contributed by atoms with Gasteiger partial charge in [-0.3, -0.25) is 9.59 Å². The Kier molecular flexibility index (Phi) is 4.73. The third-order valence-corrected chi connectivity index (χ3v) is 5.13. The first-order valence-corrected chi connectivity index (χ1v) is 8.52. The van der Waals surface area contributed by atoms with Crippen molar-refractivity contribution in [2.75, 3.05) is 16.8 Å². The van der Waals surface area contributed by atoms with Gasteiger partial charge in [0.15, 0.2) is 0 Å². The molecule has 130 valence electrons. The van der Waals surface area contributed by atoms with E-state index < -0.39 is 23.7 Å². The van der Waals surface area contributed by atoms with Gasteiger partial charge in [-0.25, -0.2) is 14.1 Å². The van der Waals surface area contributed by atoms with E-state index in [9.17, 15) is 18.8 Å². The van der Waals surface area contributed by atoms with Gasteiger partial charge in [0.2, 0.25) is 5.91 Å². The molecule has 0 radical (unpaired) electrons. The molecule has 1 aromatic heterocycles. The van der Waals surface area contributed by atoms with Crippen molar-refractivity contribution in [1.29, 1.82) is 0 Å². The molecule has 25 heavy (non-hydrogen) atoms. The molecule has 1 saturated heterocycles. The SMILES string of the molecule is C[C@H](C(=O)Nc1ccc(F)c(N2C(=O)CNC2=O)c1)c1ccc(Cl)s1. The summed E-state index contributed by atoms with van der Waals surface area (Å²) >= 11 is 7.18. The van der Waals surface area contributed by atoms with Crippen LogP contribution in [0.25, 0.3) is 0 Å². The quantitative estimate of drug-likeness (QED) is 0.797. The maximum atomic E-state index is 14.0. The maximum Gasteiger partial charge on any atom is 0.329 e. The molecule has 6 nitrogen and oxygen atoms in total. The number of benzene rings is 1. The van der Waals surface area contributed by atoms with Gasteiger partial charge in [-0.15, -0.1) is 11.3 Å². The van der Waals surface area contributed by atoms with Gasteiger partial charge < -0.3 is 10.6 Å². The maximum absolute atomic E-state index is 14.0. The standard InChI is InChI=1S/C16H13ClFN3O3S/c1-8(12-4-5-13(17)25-12)15(23)20-9-2-3-10(18)11(6-9)21-14(22)7-19-16(21)24/h2-6,8H,7H2,1H3,(H,19,24)(H,20,23)/t8-/m0/s1. The number of carbonyl (C=O) groups is 3. The first-order valence-electron chi connectivity index (χ1n) is 7.33. The molecule has 0 spiro atoms. The van der Waals surface area contributed by atoms with Crippen LogP contribution in [-0.2, 0) is 9.59 Å². The van der Waals surface area contributed by atoms with Gasteiger partial charge in [-0.05, 0) is 37.3 Å². The number of nitrogens with zero attached hydrogens (tertiary/aromatic N) is 1. The highest BCUT2D eigenvalue weighted by Crippen LogP contribution is 2.30. The van der Waals surface area contributed by atoms with Crippen LogP contribution >= 0.6 is 22.9 Å². The molecule has 1 aromatic carbocycles. The monoisotopic (exact) mass is 381 g/mol. The van der Waals surface area contributed by atoms with Gasteiger partial charge in [0, 0.05) is 10.6 Å².